The quantitative estimate of drug-likeness (QED) is 0.698. The van der Waals surface area contributed by atoms with Crippen molar-refractivity contribution in [2.75, 3.05) is 24.5 Å². The Balaban J connectivity index is 1.31. The molecule has 8 heteroatoms. The van der Waals surface area contributed by atoms with Crippen molar-refractivity contribution in [2.24, 2.45) is 5.92 Å². The number of nitrogens with one attached hydrogen (secondary N) is 2. The van der Waals surface area contributed by atoms with Crippen LogP contribution in [-0.4, -0.2) is 30.5 Å². The third-order valence-electron chi connectivity index (χ3n) is 5.12. The minimum Gasteiger partial charge on any atom is -0.408 e. The molecule has 4 rings (SSSR count). The molecule has 146 valence electrons. The first-order valence-electron chi connectivity index (χ1n) is 9.10. The van der Waals surface area contributed by atoms with Crippen molar-refractivity contribution in [2.45, 2.75) is 12.8 Å². The topological polar surface area (TPSA) is 78.3 Å². The second-order valence-corrected chi connectivity index (χ2v) is 7.37. The summed E-state index contributed by atoms with van der Waals surface area (Å²) in [5, 5.41) is 3.08. The largest absolute Gasteiger partial charge is 0.417 e. The van der Waals surface area contributed by atoms with Gasteiger partial charge in [0.15, 0.2) is 5.58 Å². The van der Waals surface area contributed by atoms with Gasteiger partial charge in [-0.05, 0) is 55.2 Å². The summed E-state index contributed by atoms with van der Waals surface area (Å²) in [5.74, 6) is -0.787. The van der Waals surface area contributed by atoms with E-state index < -0.39 is 11.6 Å². The molecule has 0 atom stereocenters. The van der Waals surface area contributed by atoms with Crippen molar-refractivity contribution in [3.05, 3.63) is 63.4 Å². The van der Waals surface area contributed by atoms with E-state index in [1.54, 1.807) is 30.3 Å². The highest BCUT2D eigenvalue weighted by molar-refractivity contribution is 6.31. The Hall–Kier alpha value is -2.80. The van der Waals surface area contributed by atoms with Gasteiger partial charge in [-0.25, -0.2) is 9.18 Å². The fraction of sp³-hybridized carbons (Fsp3) is 0.300. The van der Waals surface area contributed by atoms with Gasteiger partial charge in [0.05, 0.1) is 10.5 Å². The van der Waals surface area contributed by atoms with E-state index in [-0.39, 0.29) is 10.9 Å². The second-order valence-electron chi connectivity index (χ2n) is 6.96. The highest BCUT2D eigenvalue weighted by Crippen LogP contribution is 2.27. The molecular weight excluding hydrogens is 385 g/mol. The molecule has 0 aliphatic carbocycles. The molecule has 1 aliphatic rings. The van der Waals surface area contributed by atoms with E-state index in [1.165, 1.54) is 6.07 Å². The Morgan fingerprint density at radius 2 is 2.04 bits per heavy atom. The minimum atomic E-state index is -0.540. The van der Waals surface area contributed by atoms with Crippen LogP contribution < -0.4 is 16.0 Å². The Morgan fingerprint density at radius 3 is 2.79 bits per heavy atom. The van der Waals surface area contributed by atoms with Crippen molar-refractivity contribution in [1.29, 1.82) is 0 Å². The maximum Gasteiger partial charge on any atom is 0.417 e. The van der Waals surface area contributed by atoms with Gasteiger partial charge < -0.3 is 14.6 Å². The molecule has 0 saturated carbocycles. The monoisotopic (exact) mass is 403 g/mol. The summed E-state index contributed by atoms with van der Waals surface area (Å²) in [4.78, 5) is 28.3. The summed E-state index contributed by atoms with van der Waals surface area (Å²) in [7, 11) is 0. The molecule has 0 bridgehead atoms. The van der Waals surface area contributed by atoms with Crippen LogP contribution in [0.4, 0.5) is 10.1 Å². The molecule has 1 aromatic heterocycles. The normalized spacial score (nSPS) is 15.1. The number of piperidine rings is 1. The summed E-state index contributed by atoms with van der Waals surface area (Å²) in [6.45, 7) is 2.22. The summed E-state index contributed by atoms with van der Waals surface area (Å²) in [6.07, 6.45) is 1.84. The molecule has 3 aromatic rings. The van der Waals surface area contributed by atoms with Gasteiger partial charge in [0.2, 0.25) is 0 Å². The standard InChI is InChI=1S/C20H19ClFN3O3/c21-15-10-14(2-3-16(15)22)25-7-5-12(6-8-25)11-23-19(26)13-1-4-17-18(9-13)28-20(27)24-17/h1-4,9-10,12H,5-8,11H2,(H,23,26)(H,24,27). The van der Waals surface area contributed by atoms with Crippen molar-refractivity contribution >= 4 is 34.3 Å². The zero-order valence-electron chi connectivity index (χ0n) is 15.0. The lowest BCUT2D eigenvalue weighted by molar-refractivity contribution is 0.0945. The van der Waals surface area contributed by atoms with E-state index in [2.05, 4.69) is 15.2 Å². The van der Waals surface area contributed by atoms with Gasteiger partial charge in [-0.1, -0.05) is 11.6 Å². The van der Waals surface area contributed by atoms with E-state index >= 15 is 0 Å². The molecule has 6 nitrogen and oxygen atoms in total. The van der Waals surface area contributed by atoms with Crippen molar-refractivity contribution < 1.29 is 13.6 Å². The summed E-state index contributed by atoms with van der Waals surface area (Å²) >= 11 is 5.87. The van der Waals surface area contributed by atoms with E-state index in [9.17, 15) is 14.0 Å². The number of anilines is 1. The maximum absolute atomic E-state index is 13.3. The second kappa shape index (κ2) is 7.67. The predicted molar refractivity (Wildman–Crippen MR) is 106 cm³/mol. The number of rotatable bonds is 4. The van der Waals surface area contributed by atoms with E-state index in [0.29, 0.717) is 29.1 Å². The first kappa shape index (κ1) is 18.6. The molecule has 0 unspecified atom stereocenters. The van der Waals surface area contributed by atoms with Crippen LogP contribution in [0.15, 0.2) is 45.6 Å². The lowest BCUT2D eigenvalue weighted by atomic mass is 9.96. The van der Waals surface area contributed by atoms with E-state index in [0.717, 1.165) is 31.6 Å². The molecule has 2 aromatic carbocycles. The van der Waals surface area contributed by atoms with Gasteiger partial charge in [0, 0.05) is 30.9 Å². The van der Waals surface area contributed by atoms with E-state index in [4.69, 9.17) is 16.0 Å². The van der Waals surface area contributed by atoms with Gasteiger partial charge in [-0.2, -0.15) is 0 Å². The van der Waals surface area contributed by atoms with Gasteiger partial charge in [-0.3, -0.25) is 9.78 Å². The Bertz CT molecular complexity index is 1070. The lowest BCUT2D eigenvalue weighted by Crippen LogP contribution is -2.38. The lowest BCUT2D eigenvalue weighted by Gasteiger charge is -2.33. The highest BCUT2D eigenvalue weighted by Gasteiger charge is 2.21. The van der Waals surface area contributed by atoms with Crippen LogP contribution >= 0.6 is 11.6 Å². The van der Waals surface area contributed by atoms with E-state index in [1.807, 2.05) is 0 Å². The van der Waals surface area contributed by atoms with Gasteiger partial charge in [0.25, 0.3) is 5.91 Å². The molecule has 1 aliphatic heterocycles. The average molecular weight is 404 g/mol. The number of benzene rings is 2. The van der Waals surface area contributed by atoms with Crippen molar-refractivity contribution in [1.82, 2.24) is 10.3 Å². The van der Waals surface area contributed by atoms with Gasteiger partial charge in [0.1, 0.15) is 5.82 Å². The third kappa shape index (κ3) is 3.89. The number of aromatic nitrogens is 1. The maximum atomic E-state index is 13.3. The number of aromatic amines is 1. The molecular formula is C20H19ClFN3O3. The fourth-order valence-electron chi connectivity index (χ4n) is 3.50. The Labute approximate surface area is 165 Å². The molecule has 0 spiro atoms. The molecule has 1 saturated heterocycles. The number of amides is 1. The number of carbonyl (C=O) groups excluding carboxylic acids is 1. The number of hydrogen-bond acceptors (Lipinski definition) is 4. The van der Waals surface area contributed by atoms with Crippen LogP contribution in [-0.2, 0) is 0 Å². The summed E-state index contributed by atoms with van der Waals surface area (Å²) < 4.78 is 18.3. The predicted octanol–water partition coefficient (Wildman–Crippen LogP) is 3.56. The number of hydrogen-bond donors (Lipinski definition) is 2. The van der Waals surface area contributed by atoms with Gasteiger partial charge >= 0.3 is 5.76 Å². The number of H-pyrrole nitrogens is 1. The molecule has 1 fully saturated rings. The number of nitrogens with zero attached hydrogens (tertiary/aromatic N) is 1. The van der Waals surface area contributed by atoms with Crippen LogP contribution in [0.3, 0.4) is 0 Å². The summed E-state index contributed by atoms with van der Waals surface area (Å²) in [5.41, 5.74) is 2.29. The first-order chi connectivity index (χ1) is 13.5. The molecule has 2 heterocycles. The van der Waals surface area contributed by atoms with Crippen LogP contribution in [0.2, 0.25) is 5.02 Å². The van der Waals surface area contributed by atoms with Crippen molar-refractivity contribution in [3.8, 4) is 0 Å². The molecule has 2 N–H and O–H groups in total. The fourth-order valence-corrected chi connectivity index (χ4v) is 3.68. The zero-order valence-corrected chi connectivity index (χ0v) is 15.8. The van der Waals surface area contributed by atoms with Crippen LogP contribution in [0.5, 0.6) is 0 Å². The first-order valence-corrected chi connectivity index (χ1v) is 9.48. The Kier molecular flexibility index (Phi) is 5.09. The average Bonchev–Trinajstić information content (AvgIpc) is 3.08. The molecule has 0 radical (unpaired) electrons. The van der Waals surface area contributed by atoms with Crippen LogP contribution in [0, 0.1) is 11.7 Å². The smallest absolute Gasteiger partial charge is 0.408 e. The highest BCUT2D eigenvalue weighted by atomic mass is 35.5. The van der Waals surface area contributed by atoms with Crippen LogP contribution in [0.1, 0.15) is 23.2 Å². The van der Waals surface area contributed by atoms with Gasteiger partial charge in [-0.15, -0.1) is 0 Å². The third-order valence-corrected chi connectivity index (χ3v) is 5.41. The van der Waals surface area contributed by atoms with Crippen LogP contribution in [0.25, 0.3) is 11.1 Å². The van der Waals surface area contributed by atoms with Crippen molar-refractivity contribution in [3.63, 3.8) is 0 Å². The Morgan fingerprint density at radius 1 is 1.25 bits per heavy atom. The number of carbonyl (C=O) groups is 1. The summed E-state index contributed by atoms with van der Waals surface area (Å²) in [6, 6.07) is 9.63. The SMILES string of the molecule is O=C(NCC1CCN(c2ccc(F)c(Cl)c2)CC1)c1ccc2[nH]c(=O)oc2c1. The minimum absolute atomic E-state index is 0.127. The number of oxazole rings is 1. The zero-order chi connectivity index (χ0) is 19.7. The number of fused-ring (bicyclic) bond motifs is 1. The molecule has 28 heavy (non-hydrogen) atoms. The molecule has 1 amide bonds. The number of halogens is 2.